The van der Waals surface area contributed by atoms with Gasteiger partial charge in [-0.2, -0.15) is 18.3 Å². The first-order valence-electron chi connectivity index (χ1n) is 11.8. The lowest BCUT2D eigenvalue weighted by Crippen LogP contribution is -2.53. The molecule has 2 aromatic heterocycles. The Morgan fingerprint density at radius 3 is 2.34 bits per heavy atom. The molecule has 0 bridgehead atoms. The van der Waals surface area contributed by atoms with Crippen LogP contribution in [0.25, 0.3) is 16.9 Å². The molecule has 10 nitrogen and oxygen atoms in total. The van der Waals surface area contributed by atoms with Crippen LogP contribution in [0.15, 0.2) is 36.5 Å². The molecule has 5 rings (SSSR count). The number of aliphatic hydroxyl groups excluding tert-OH is 3. The summed E-state index contributed by atoms with van der Waals surface area (Å²) in [5.41, 5.74) is -1.59. The van der Waals surface area contributed by atoms with Crippen LogP contribution in [0.3, 0.4) is 0 Å². The zero-order chi connectivity index (χ0) is 29.8. The van der Waals surface area contributed by atoms with Gasteiger partial charge in [0, 0.05) is 10.6 Å². The van der Waals surface area contributed by atoms with E-state index in [-0.39, 0.29) is 33.6 Å². The van der Waals surface area contributed by atoms with Crippen LogP contribution in [-0.4, -0.2) is 70.0 Å². The topological polar surface area (TPSA) is 131 Å². The van der Waals surface area contributed by atoms with Crippen molar-refractivity contribution in [1.82, 2.24) is 29.8 Å². The fourth-order valence-corrected chi connectivity index (χ4v) is 4.78. The Bertz CT molecular complexity index is 1570. The number of benzene rings is 2. The molecule has 2 aromatic carbocycles. The van der Waals surface area contributed by atoms with Crippen molar-refractivity contribution in [2.75, 3.05) is 6.61 Å². The minimum absolute atomic E-state index is 0.0796. The van der Waals surface area contributed by atoms with Gasteiger partial charge in [-0.15, -0.1) is 5.10 Å². The second-order valence-corrected chi connectivity index (χ2v) is 9.65. The van der Waals surface area contributed by atoms with Gasteiger partial charge in [-0.1, -0.05) is 16.8 Å². The fourth-order valence-electron chi connectivity index (χ4n) is 4.55. The Kier molecular flexibility index (Phi) is 7.54. The molecule has 1 fully saturated rings. The standard InChI is InChI=1S/C24H19ClF6N6O4/c1-9-32-23(37(34-9)13-5-11(24(29,30)31)4-12(25)6-13)22-21(40)19(20(39)17(8-38)41-22)36-7-16(33-35-36)10-2-14(26)18(28)15(27)3-10/h2-7,17,19-22,38-40H,8H2,1H3/t17-,19+,20+,21-,22-/m1/s1. The molecular formula is C24H19ClF6N6O4. The maximum Gasteiger partial charge on any atom is 0.416 e. The molecule has 17 heteroatoms. The molecule has 1 aliphatic rings. The number of hydrogen-bond acceptors (Lipinski definition) is 8. The van der Waals surface area contributed by atoms with E-state index in [1.54, 1.807) is 0 Å². The molecule has 3 N–H and O–H groups in total. The molecule has 0 saturated carbocycles. The van der Waals surface area contributed by atoms with Crippen LogP contribution in [-0.2, 0) is 10.9 Å². The van der Waals surface area contributed by atoms with Crippen molar-refractivity contribution in [3.8, 4) is 16.9 Å². The molecule has 3 heterocycles. The van der Waals surface area contributed by atoms with Crippen LogP contribution in [0.4, 0.5) is 26.3 Å². The Labute approximate surface area is 231 Å². The van der Waals surface area contributed by atoms with Gasteiger partial charge >= 0.3 is 6.18 Å². The van der Waals surface area contributed by atoms with Crippen molar-refractivity contribution in [2.45, 2.75) is 43.6 Å². The van der Waals surface area contributed by atoms with E-state index in [4.69, 9.17) is 16.3 Å². The van der Waals surface area contributed by atoms with Gasteiger partial charge in [0.2, 0.25) is 0 Å². The van der Waals surface area contributed by atoms with Gasteiger partial charge in [0.25, 0.3) is 0 Å². The first-order valence-corrected chi connectivity index (χ1v) is 12.2. The third kappa shape index (κ3) is 5.40. The van der Waals surface area contributed by atoms with Crippen molar-refractivity contribution in [1.29, 1.82) is 0 Å². The van der Waals surface area contributed by atoms with E-state index in [2.05, 4.69) is 20.4 Å². The summed E-state index contributed by atoms with van der Waals surface area (Å²) in [7, 11) is 0. The van der Waals surface area contributed by atoms with Crippen molar-refractivity contribution in [2.24, 2.45) is 0 Å². The van der Waals surface area contributed by atoms with Crippen LogP contribution in [0, 0.1) is 24.4 Å². The summed E-state index contributed by atoms with van der Waals surface area (Å²) in [5.74, 6) is -4.76. The van der Waals surface area contributed by atoms with Crippen LogP contribution >= 0.6 is 11.6 Å². The molecular weight excluding hydrogens is 586 g/mol. The van der Waals surface area contributed by atoms with Crippen molar-refractivity contribution in [3.05, 3.63) is 76.2 Å². The minimum Gasteiger partial charge on any atom is -0.394 e. The van der Waals surface area contributed by atoms with E-state index >= 15 is 0 Å². The first kappa shape index (κ1) is 28.9. The Balaban J connectivity index is 1.56. The summed E-state index contributed by atoms with van der Waals surface area (Å²) < 4.78 is 88.9. The van der Waals surface area contributed by atoms with Crippen LogP contribution in [0.1, 0.15) is 29.4 Å². The van der Waals surface area contributed by atoms with Gasteiger partial charge < -0.3 is 20.1 Å². The number of nitrogens with zero attached hydrogens (tertiary/aromatic N) is 6. The summed E-state index contributed by atoms with van der Waals surface area (Å²) in [6, 6.07) is 2.60. The molecule has 1 saturated heterocycles. The van der Waals surface area contributed by atoms with Gasteiger partial charge in [-0.3, -0.25) is 0 Å². The Morgan fingerprint density at radius 2 is 1.71 bits per heavy atom. The molecule has 0 spiro atoms. The number of hydrogen-bond donors (Lipinski definition) is 3. The van der Waals surface area contributed by atoms with Crippen LogP contribution in [0.2, 0.25) is 5.02 Å². The summed E-state index contributed by atoms with van der Waals surface area (Å²) in [6.45, 7) is 0.671. The normalized spacial score (nSPS) is 23.2. The molecule has 1 aliphatic heterocycles. The van der Waals surface area contributed by atoms with E-state index < -0.39 is 66.3 Å². The molecule has 0 aliphatic carbocycles. The number of rotatable bonds is 5. The van der Waals surface area contributed by atoms with E-state index in [0.717, 1.165) is 27.7 Å². The van der Waals surface area contributed by atoms with Gasteiger partial charge in [0.1, 0.15) is 42.0 Å². The number of halogens is 7. The van der Waals surface area contributed by atoms with E-state index in [1.807, 2.05) is 0 Å². The average molecular weight is 605 g/mol. The molecule has 0 amide bonds. The number of alkyl halides is 3. The van der Waals surface area contributed by atoms with Gasteiger partial charge in [-0.05, 0) is 37.3 Å². The number of aliphatic hydroxyl groups is 3. The predicted octanol–water partition coefficient (Wildman–Crippen LogP) is 3.32. The van der Waals surface area contributed by atoms with Crippen LogP contribution in [0.5, 0.6) is 0 Å². The fraction of sp³-hybridized carbons (Fsp3) is 0.333. The first-order chi connectivity index (χ1) is 19.3. The minimum atomic E-state index is -4.74. The third-order valence-electron chi connectivity index (χ3n) is 6.43. The lowest BCUT2D eigenvalue weighted by Gasteiger charge is -2.41. The highest BCUT2D eigenvalue weighted by atomic mass is 35.5. The summed E-state index contributed by atoms with van der Waals surface area (Å²) >= 11 is 5.93. The van der Waals surface area contributed by atoms with Gasteiger partial charge in [-0.25, -0.2) is 27.5 Å². The molecule has 41 heavy (non-hydrogen) atoms. The highest BCUT2D eigenvalue weighted by Crippen LogP contribution is 2.39. The Morgan fingerprint density at radius 1 is 1.02 bits per heavy atom. The van der Waals surface area contributed by atoms with Crippen molar-refractivity contribution in [3.63, 3.8) is 0 Å². The van der Waals surface area contributed by atoms with Crippen molar-refractivity contribution < 1.29 is 46.4 Å². The zero-order valence-corrected chi connectivity index (χ0v) is 21.4. The van der Waals surface area contributed by atoms with Gasteiger partial charge in [0.05, 0.1) is 24.1 Å². The summed E-state index contributed by atoms with van der Waals surface area (Å²) in [4.78, 5) is 4.20. The monoisotopic (exact) mass is 604 g/mol. The quantitative estimate of drug-likeness (QED) is 0.234. The lowest BCUT2D eigenvalue weighted by atomic mass is 9.92. The highest BCUT2D eigenvalue weighted by Gasteiger charge is 2.48. The Hall–Kier alpha value is -3.57. The number of ether oxygens (including phenoxy) is 1. The summed E-state index contributed by atoms with van der Waals surface area (Å²) in [5, 5.41) is 43.6. The molecule has 218 valence electrons. The second-order valence-electron chi connectivity index (χ2n) is 9.21. The average Bonchev–Trinajstić information content (AvgIpc) is 3.53. The second kappa shape index (κ2) is 10.7. The van der Waals surface area contributed by atoms with Crippen molar-refractivity contribution >= 4 is 11.6 Å². The maximum atomic E-state index is 13.8. The predicted molar refractivity (Wildman–Crippen MR) is 127 cm³/mol. The lowest BCUT2D eigenvalue weighted by molar-refractivity contribution is -0.210. The molecule has 5 atom stereocenters. The summed E-state index contributed by atoms with van der Waals surface area (Å²) in [6.07, 6.45) is -9.84. The largest absolute Gasteiger partial charge is 0.416 e. The van der Waals surface area contributed by atoms with E-state index in [0.29, 0.717) is 12.1 Å². The smallest absolute Gasteiger partial charge is 0.394 e. The number of aromatic nitrogens is 6. The van der Waals surface area contributed by atoms with E-state index in [9.17, 15) is 41.7 Å². The number of aryl methyl sites for hydroxylation is 1. The molecule has 0 unspecified atom stereocenters. The SMILES string of the molecule is Cc1nc([C@@H]2O[C@H](CO)[C@H](O)[C@H](n3cc(-c4cc(F)c(F)c(F)c4)nn3)[C@H]2O)n(-c2cc(Cl)cc(C(F)(F)F)c2)n1. The van der Waals surface area contributed by atoms with Gasteiger partial charge in [0.15, 0.2) is 23.3 Å². The maximum absolute atomic E-state index is 13.8. The third-order valence-corrected chi connectivity index (χ3v) is 6.65. The van der Waals surface area contributed by atoms with E-state index in [1.165, 1.54) is 13.0 Å². The highest BCUT2D eigenvalue weighted by molar-refractivity contribution is 6.30. The zero-order valence-electron chi connectivity index (χ0n) is 20.6. The molecule has 0 radical (unpaired) electrons. The van der Waals surface area contributed by atoms with Crippen LogP contribution < -0.4 is 0 Å². The molecule has 4 aromatic rings.